The van der Waals surface area contributed by atoms with Gasteiger partial charge in [0.15, 0.2) is 0 Å². The largest absolute Gasteiger partial charge is 0.370 e. The van der Waals surface area contributed by atoms with Crippen LogP contribution in [0.1, 0.15) is 13.3 Å². The van der Waals surface area contributed by atoms with Crippen LogP contribution in [-0.2, 0) is 0 Å². The number of aromatic nitrogens is 2. The van der Waals surface area contributed by atoms with E-state index < -0.39 is 6.03 Å². The van der Waals surface area contributed by atoms with Gasteiger partial charge in [-0.15, -0.1) is 0 Å². The molecule has 0 saturated carbocycles. The summed E-state index contributed by atoms with van der Waals surface area (Å²) in [6, 6.07) is 1.29. The molecule has 0 fully saturated rings. The van der Waals surface area contributed by atoms with E-state index in [-0.39, 0.29) is 0 Å². The average Bonchev–Trinajstić information content (AvgIpc) is 2.32. The number of carbonyl (C=O) groups excluding carboxylic acids is 1. The minimum absolute atomic E-state index is 0.455. The molecule has 0 saturated heterocycles. The number of amides is 2. The number of carbonyl (C=O) groups is 1. The minimum atomic E-state index is -0.528. The summed E-state index contributed by atoms with van der Waals surface area (Å²) in [4.78, 5) is 18.6. The molecular weight excluding hydrogens is 220 g/mol. The molecule has 0 bridgehead atoms. The Bertz CT molecular complexity index is 356. The molecule has 1 aromatic rings. The number of nitrogens with zero attached hydrogens (tertiary/aromatic N) is 2. The molecule has 0 spiro atoms. The molecule has 17 heavy (non-hydrogen) atoms. The van der Waals surface area contributed by atoms with Crippen LogP contribution in [0.5, 0.6) is 0 Å². The van der Waals surface area contributed by atoms with Crippen LogP contribution in [0.25, 0.3) is 0 Å². The second-order valence-corrected chi connectivity index (χ2v) is 3.43. The molecule has 2 amide bonds. The predicted molar refractivity (Wildman–Crippen MR) is 66.9 cm³/mol. The van der Waals surface area contributed by atoms with E-state index in [4.69, 9.17) is 5.73 Å². The third kappa shape index (κ3) is 5.55. The van der Waals surface area contributed by atoms with E-state index in [0.29, 0.717) is 18.9 Å². The molecule has 7 heteroatoms. The Morgan fingerprint density at radius 3 is 2.47 bits per heavy atom. The van der Waals surface area contributed by atoms with Gasteiger partial charge in [0.05, 0.1) is 0 Å². The topological polar surface area (TPSA) is 105 Å². The molecule has 1 heterocycles. The number of rotatable bonds is 7. The van der Waals surface area contributed by atoms with Gasteiger partial charge in [0.2, 0.25) is 0 Å². The van der Waals surface area contributed by atoms with Gasteiger partial charge in [-0.1, -0.05) is 6.92 Å². The maximum Gasteiger partial charge on any atom is 0.312 e. The van der Waals surface area contributed by atoms with Gasteiger partial charge in [0.1, 0.15) is 18.0 Å². The van der Waals surface area contributed by atoms with Crippen molar-refractivity contribution in [2.45, 2.75) is 13.3 Å². The lowest BCUT2D eigenvalue weighted by molar-refractivity contribution is 0.249. The quantitative estimate of drug-likeness (QED) is 0.514. The summed E-state index contributed by atoms with van der Waals surface area (Å²) >= 11 is 0. The Kier molecular flexibility index (Phi) is 5.56. The first kappa shape index (κ1) is 13.0. The number of anilines is 2. The van der Waals surface area contributed by atoms with Gasteiger partial charge in [0.25, 0.3) is 0 Å². The number of urea groups is 1. The number of primary amides is 1. The number of hydrogen-bond acceptors (Lipinski definition) is 5. The van der Waals surface area contributed by atoms with E-state index in [0.717, 1.165) is 18.8 Å². The lowest BCUT2D eigenvalue weighted by Crippen LogP contribution is -2.33. The maximum absolute atomic E-state index is 10.4. The fourth-order valence-electron chi connectivity index (χ4n) is 1.18. The second-order valence-electron chi connectivity index (χ2n) is 3.43. The highest BCUT2D eigenvalue weighted by atomic mass is 16.2. The second kappa shape index (κ2) is 7.26. The van der Waals surface area contributed by atoms with Crippen molar-refractivity contribution >= 4 is 17.7 Å². The summed E-state index contributed by atoms with van der Waals surface area (Å²) in [6.45, 7) is 3.98. The smallest absolute Gasteiger partial charge is 0.312 e. The lowest BCUT2D eigenvalue weighted by atomic mass is 10.4. The highest BCUT2D eigenvalue weighted by molar-refractivity contribution is 5.71. The molecule has 0 aliphatic carbocycles. The first-order valence-corrected chi connectivity index (χ1v) is 5.55. The molecule has 1 aromatic heterocycles. The molecule has 0 aliphatic rings. The van der Waals surface area contributed by atoms with Crippen LogP contribution in [-0.4, -0.2) is 35.6 Å². The van der Waals surface area contributed by atoms with Crippen molar-refractivity contribution in [3.8, 4) is 0 Å². The molecule has 7 nitrogen and oxygen atoms in total. The molecule has 0 aromatic carbocycles. The lowest BCUT2D eigenvalue weighted by Gasteiger charge is -2.08. The number of hydrogen-bond donors (Lipinski definition) is 4. The molecule has 1 rings (SSSR count). The zero-order valence-electron chi connectivity index (χ0n) is 9.86. The van der Waals surface area contributed by atoms with Crippen LogP contribution in [0.3, 0.4) is 0 Å². The van der Waals surface area contributed by atoms with E-state index in [1.165, 1.54) is 6.33 Å². The molecule has 0 aliphatic heterocycles. The standard InChI is InChI=1S/C10H18N6O/c1-2-3-12-8-6-9(16-7-15-8)13-4-5-14-10(11)17/h6-7H,2-5H2,1H3,(H3,11,14,17)(H2,12,13,15,16). The Morgan fingerprint density at radius 1 is 1.24 bits per heavy atom. The maximum atomic E-state index is 10.4. The zero-order valence-corrected chi connectivity index (χ0v) is 9.86. The van der Waals surface area contributed by atoms with E-state index in [2.05, 4.69) is 32.8 Å². The summed E-state index contributed by atoms with van der Waals surface area (Å²) < 4.78 is 0. The van der Waals surface area contributed by atoms with Crippen LogP contribution in [0.4, 0.5) is 16.4 Å². The Morgan fingerprint density at radius 2 is 1.88 bits per heavy atom. The highest BCUT2D eigenvalue weighted by Crippen LogP contribution is 2.07. The van der Waals surface area contributed by atoms with Crippen LogP contribution >= 0.6 is 0 Å². The molecule has 5 N–H and O–H groups in total. The molecule has 0 atom stereocenters. The monoisotopic (exact) mass is 238 g/mol. The Labute approximate surface area is 100 Å². The Hall–Kier alpha value is -2.05. The normalized spacial score (nSPS) is 9.71. The van der Waals surface area contributed by atoms with Gasteiger partial charge in [-0.05, 0) is 6.42 Å². The minimum Gasteiger partial charge on any atom is -0.370 e. The van der Waals surface area contributed by atoms with Crippen LogP contribution in [0.15, 0.2) is 12.4 Å². The molecule has 94 valence electrons. The SMILES string of the molecule is CCCNc1cc(NCCNC(N)=O)ncn1. The van der Waals surface area contributed by atoms with Gasteiger partial charge in [0, 0.05) is 25.7 Å². The van der Waals surface area contributed by atoms with Crippen molar-refractivity contribution in [1.82, 2.24) is 15.3 Å². The fourth-order valence-corrected chi connectivity index (χ4v) is 1.18. The van der Waals surface area contributed by atoms with Crippen molar-refractivity contribution < 1.29 is 4.79 Å². The summed E-state index contributed by atoms with van der Waals surface area (Å²) in [6.07, 6.45) is 2.52. The average molecular weight is 238 g/mol. The van der Waals surface area contributed by atoms with Gasteiger partial charge in [-0.3, -0.25) is 0 Å². The third-order valence-electron chi connectivity index (χ3n) is 1.95. The summed E-state index contributed by atoms with van der Waals surface area (Å²) in [5, 5.41) is 8.70. The highest BCUT2D eigenvalue weighted by Gasteiger charge is 1.97. The van der Waals surface area contributed by atoms with Crippen molar-refractivity contribution in [2.24, 2.45) is 5.73 Å². The first-order valence-electron chi connectivity index (χ1n) is 5.55. The van der Waals surface area contributed by atoms with Crippen molar-refractivity contribution in [3.63, 3.8) is 0 Å². The van der Waals surface area contributed by atoms with Crippen LogP contribution in [0.2, 0.25) is 0 Å². The molecular formula is C10H18N6O. The predicted octanol–water partition coefficient (Wildman–Crippen LogP) is 0.379. The first-order chi connectivity index (χ1) is 8.22. The summed E-state index contributed by atoms with van der Waals surface area (Å²) in [5.41, 5.74) is 4.94. The summed E-state index contributed by atoms with van der Waals surface area (Å²) in [7, 11) is 0. The van der Waals surface area contributed by atoms with Crippen molar-refractivity contribution in [1.29, 1.82) is 0 Å². The molecule has 0 radical (unpaired) electrons. The van der Waals surface area contributed by atoms with Gasteiger partial charge >= 0.3 is 6.03 Å². The van der Waals surface area contributed by atoms with Crippen LogP contribution < -0.4 is 21.7 Å². The Balaban J connectivity index is 2.34. The van der Waals surface area contributed by atoms with Gasteiger partial charge < -0.3 is 21.7 Å². The molecule has 0 unspecified atom stereocenters. The number of nitrogens with two attached hydrogens (primary N) is 1. The number of nitrogens with one attached hydrogen (secondary N) is 3. The summed E-state index contributed by atoms with van der Waals surface area (Å²) in [5.74, 6) is 1.50. The van der Waals surface area contributed by atoms with E-state index in [1.54, 1.807) is 0 Å². The zero-order chi connectivity index (χ0) is 12.5. The van der Waals surface area contributed by atoms with E-state index in [1.807, 2.05) is 6.07 Å². The van der Waals surface area contributed by atoms with Crippen LogP contribution in [0, 0.1) is 0 Å². The van der Waals surface area contributed by atoms with E-state index >= 15 is 0 Å². The third-order valence-corrected chi connectivity index (χ3v) is 1.95. The van der Waals surface area contributed by atoms with Gasteiger partial charge in [-0.25, -0.2) is 14.8 Å². The van der Waals surface area contributed by atoms with E-state index in [9.17, 15) is 4.79 Å². The fraction of sp³-hybridized carbons (Fsp3) is 0.500. The van der Waals surface area contributed by atoms with Gasteiger partial charge in [-0.2, -0.15) is 0 Å². The van der Waals surface area contributed by atoms with Crippen molar-refractivity contribution in [3.05, 3.63) is 12.4 Å². The van der Waals surface area contributed by atoms with Crippen molar-refractivity contribution in [2.75, 3.05) is 30.3 Å².